The molecule has 7 heteroatoms. The summed E-state index contributed by atoms with van der Waals surface area (Å²) in [4.78, 5) is 16.8. The number of benzene rings is 1. The predicted octanol–water partition coefficient (Wildman–Crippen LogP) is 2.05. The molecule has 0 saturated carbocycles. The minimum atomic E-state index is -0.731. The normalized spacial score (nSPS) is 15.8. The van der Waals surface area contributed by atoms with Gasteiger partial charge in [-0.05, 0) is 30.3 Å². The van der Waals surface area contributed by atoms with Crippen LogP contribution in [0.25, 0.3) is 5.82 Å². The van der Waals surface area contributed by atoms with Crippen LogP contribution in [0.2, 0.25) is 0 Å². The molecule has 24 heavy (non-hydrogen) atoms. The van der Waals surface area contributed by atoms with Crippen molar-refractivity contribution < 1.29 is 14.3 Å². The molecule has 2 aromatic heterocycles. The molecule has 0 saturated heterocycles. The highest BCUT2D eigenvalue weighted by molar-refractivity contribution is 5.96. The van der Waals surface area contributed by atoms with Gasteiger partial charge in [-0.25, -0.2) is 9.67 Å². The van der Waals surface area contributed by atoms with E-state index in [-0.39, 0.29) is 12.5 Å². The van der Waals surface area contributed by atoms with Crippen LogP contribution < -0.4 is 14.8 Å². The molecule has 1 amide bonds. The van der Waals surface area contributed by atoms with Crippen molar-refractivity contribution >= 4 is 11.6 Å². The monoisotopic (exact) mass is 322 g/mol. The molecule has 7 nitrogen and oxygen atoms in total. The van der Waals surface area contributed by atoms with Crippen molar-refractivity contribution in [3.8, 4) is 17.3 Å². The third-order valence-corrected chi connectivity index (χ3v) is 3.57. The Bertz CT molecular complexity index is 864. The summed E-state index contributed by atoms with van der Waals surface area (Å²) < 4.78 is 12.9. The van der Waals surface area contributed by atoms with Crippen molar-refractivity contribution in [2.75, 3.05) is 11.9 Å². The molecule has 0 aliphatic carbocycles. The van der Waals surface area contributed by atoms with Crippen LogP contribution in [-0.2, 0) is 4.79 Å². The lowest BCUT2D eigenvalue weighted by Crippen LogP contribution is -2.40. The number of hydrogen-bond donors (Lipinski definition) is 1. The molecule has 120 valence electrons. The summed E-state index contributed by atoms with van der Waals surface area (Å²) in [5, 5.41) is 6.98. The average Bonchev–Trinajstić information content (AvgIpc) is 3.16. The Morgan fingerprint density at radius 1 is 1.12 bits per heavy atom. The van der Waals surface area contributed by atoms with Gasteiger partial charge in [0.05, 0.1) is 5.69 Å². The first-order valence-corrected chi connectivity index (χ1v) is 7.45. The van der Waals surface area contributed by atoms with E-state index >= 15 is 0 Å². The summed E-state index contributed by atoms with van der Waals surface area (Å²) in [5.41, 5.74) is 0.550. The Labute approximate surface area is 137 Å². The highest BCUT2D eigenvalue weighted by atomic mass is 16.6. The number of anilines is 1. The van der Waals surface area contributed by atoms with Crippen LogP contribution in [0.1, 0.15) is 0 Å². The van der Waals surface area contributed by atoms with Gasteiger partial charge in [-0.2, -0.15) is 5.10 Å². The number of amides is 1. The summed E-state index contributed by atoms with van der Waals surface area (Å²) in [6.07, 6.45) is 4.32. The molecule has 1 unspecified atom stereocenters. The Hall–Kier alpha value is -3.35. The quantitative estimate of drug-likeness (QED) is 0.798. The van der Waals surface area contributed by atoms with Crippen LogP contribution in [-0.4, -0.2) is 33.4 Å². The highest BCUT2D eigenvalue weighted by Crippen LogP contribution is 2.31. The lowest BCUT2D eigenvalue weighted by Gasteiger charge is -2.25. The first kappa shape index (κ1) is 14.3. The lowest BCUT2D eigenvalue weighted by atomic mass is 10.2. The number of para-hydroxylation sites is 2. The van der Waals surface area contributed by atoms with E-state index in [1.54, 1.807) is 53.6 Å². The number of carbonyl (C=O) groups is 1. The van der Waals surface area contributed by atoms with E-state index < -0.39 is 6.10 Å². The van der Waals surface area contributed by atoms with Crippen molar-refractivity contribution in [2.24, 2.45) is 0 Å². The van der Waals surface area contributed by atoms with Gasteiger partial charge in [0, 0.05) is 18.6 Å². The van der Waals surface area contributed by atoms with Crippen molar-refractivity contribution in [1.29, 1.82) is 0 Å². The number of fused-ring (bicyclic) bond motifs is 1. The van der Waals surface area contributed by atoms with Gasteiger partial charge in [0.2, 0.25) is 6.10 Å². The number of ether oxygens (including phenoxy) is 2. The van der Waals surface area contributed by atoms with Crippen LogP contribution in [0, 0.1) is 0 Å². The van der Waals surface area contributed by atoms with Gasteiger partial charge in [0.1, 0.15) is 6.61 Å². The van der Waals surface area contributed by atoms with Crippen molar-refractivity contribution in [2.45, 2.75) is 6.10 Å². The van der Waals surface area contributed by atoms with Crippen LogP contribution in [0.5, 0.6) is 11.5 Å². The second-order valence-corrected chi connectivity index (χ2v) is 5.18. The third-order valence-electron chi connectivity index (χ3n) is 3.57. The van der Waals surface area contributed by atoms with E-state index in [4.69, 9.17) is 9.47 Å². The molecule has 3 aromatic rings. The number of pyridine rings is 1. The fraction of sp³-hybridized carbons (Fsp3) is 0.118. The Morgan fingerprint density at radius 2 is 2.00 bits per heavy atom. The summed E-state index contributed by atoms with van der Waals surface area (Å²) in [6.45, 7) is 0.153. The molecule has 3 heterocycles. The number of nitrogens with one attached hydrogen (secondary N) is 1. The third kappa shape index (κ3) is 2.67. The SMILES string of the molecule is O=C(Nc1cccnc1-n1cccn1)C1COc2ccccc2O1. The number of nitrogens with zero attached hydrogens (tertiary/aromatic N) is 3. The van der Waals surface area contributed by atoms with Crippen molar-refractivity contribution in [3.05, 3.63) is 61.1 Å². The maximum atomic E-state index is 12.5. The first-order chi connectivity index (χ1) is 11.8. The second-order valence-electron chi connectivity index (χ2n) is 5.18. The molecule has 1 atom stereocenters. The summed E-state index contributed by atoms with van der Waals surface area (Å²) in [7, 11) is 0. The minimum absolute atomic E-state index is 0.153. The maximum absolute atomic E-state index is 12.5. The minimum Gasteiger partial charge on any atom is -0.485 e. The van der Waals surface area contributed by atoms with Gasteiger partial charge in [0.25, 0.3) is 5.91 Å². The van der Waals surface area contributed by atoms with E-state index in [9.17, 15) is 4.79 Å². The van der Waals surface area contributed by atoms with E-state index in [0.717, 1.165) is 0 Å². The van der Waals surface area contributed by atoms with Crippen LogP contribution in [0.4, 0.5) is 5.69 Å². The lowest BCUT2D eigenvalue weighted by molar-refractivity contribution is -0.125. The van der Waals surface area contributed by atoms with Crippen LogP contribution in [0.3, 0.4) is 0 Å². The Balaban J connectivity index is 1.54. The van der Waals surface area contributed by atoms with Crippen molar-refractivity contribution in [1.82, 2.24) is 14.8 Å². The summed E-state index contributed by atoms with van der Waals surface area (Å²) >= 11 is 0. The summed E-state index contributed by atoms with van der Waals surface area (Å²) in [6, 6.07) is 12.6. The van der Waals surface area contributed by atoms with Gasteiger partial charge in [-0.15, -0.1) is 0 Å². The van der Waals surface area contributed by atoms with E-state index in [1.165, 1.54) is 0 Å². The molecule has 0 fully saturated rings. The van der Waals surface area contributed by atoms with Crippen LogP contribution >= 0.6 is 0 Å². The standard InChI is InChI=1S/C17H14N4O3/c22-17(15-11-23-13-6-1-2-7-14(13)24-15)20-12-5-3-8-18-16(12)21-10-4-9-19-21/h1-10,15H,11H2,(H,20,22). The molecule has 0 radical (unpaired) electrons. The predicted molar refractivity (Wildman–Crippen MR) is 86.3 cm³/mol. The number of hydrogen-bond acceptors (Lipinski definition) is 5. The van der Waals surface area contributed by atoms with Gasteiger partial charge in [-0.1, -0.05) is 12.1 Å². The Morgan fingerprint density at radius 3 is 2.83 bits per heavy atom. The van der Waals surface area contributed by atoms with Crippen LogP contribution in [0.15, 0.2) is 61.1 Å². The number of aromatic nitrogens is 3. The maximum Gasteiger partial charge on any atom is 0.269 e. The average molecular weight is 322 g/mol. The van der Waals surface area contributed by atoms with Gasteiger partial charge >= 0.3 is 0 Å². The highest BCUT2D eigenvalue weighted by Gasteiger charge is 2.28. The zero-order valence-electron chi connectivity index (χ0n) is 12.6. The van der Waals surface area contributed by atoms with Gasteiger partial charge < -0.3 is 14.8 Å². The molecule has 1 aliphatic rings. The molecular weight excluding hydrogens is 308 g/mol. The van der Waals surface area contributed by atoms with E-state index in [1.807, 2.05) is 12.1 Å². The smallest absolute Gasteiger partial charge is 0.269 e. The Kier molecular flexibility index (Phi) is 3.59. The fourth-order valence-electron chi connectivity index (χ4n) is 2.43. The molecule has 4 rings (SSSR count). The molecule has 1 aliphatic heterocycles. The zero-order valence-corrected chi connectivity index (χ0v) is 12.6. The zero-order chi connectivity index (χ0) is 16.4. The van der Waals surface area contributed by atoms with Crippen molar-refractivity contribution in [3.63, 3.8) is 0 Å². The number of rotatable bonds is 3. The topological polar surface area (TPSA) is 78.3 Å². The number of carbonyl (C=O) groups excluding carboxylic acids is 1. The largest absolute Gasteiger partial charge is 0.485 e. The molecule has 0 bridgehead atoms. The molecular formula is C17H14N4O3. The second kappa shape index (κ2) is 6.04. The van der Waals surface area contributed by atoms with E-state index in [0.29, 0.717) is 23.0 Å². The van der Waals surface area contributed by atoms with Gasteiger partial charge in [-0.3, -0.25) is 4.79 Å². The van der Waals surface area contributed by atoms with Gasteiger partial charge in [0.15, 0.2) is 17.3 Å². The molecule has 1 aromatic carbocycles. The fourth-order valence-corrected chi connectivity index (χ4v) is 2.43. The molecule has 1 N–H and O–H groups in total. The summed E-state index contributed by atoms with van der Waals surface area (Å²) in [5.74, 6) is 1.43. The first-order valence-electron chi connectivity index (χ1n) is 7.45. The molecule has 0 spiro atoms. The van der Waals surface area contributed by atoms with E-state index in [2.05, 4.69) is 15.4 Å².